The zero-order chi connectivity index (χ0) is 15.2. The second-order valence-electron chi connectivity index (χ2n) is 5.07. The van der Waals surface area contributed by atoms with E-state index >= 15 is 0 Å². The van der Waals surface area contributed by atoms with E-state index in [1.54, 1.807) is 18.2 Å². The van der Waals surface area contributed by atoms with Gasteiger partial charge in [-0.3, -0.25) is 0 Å². The maximum absolute atomic E-state index is 13.2. The molecule has 0 amide bonds. The van der Waals surface area contributed by atoms with Crippen LogP contribution in [-0.2, 0) is 19.0 Å². The monoisotopic (exact) mass is 315 g/mol. The van der Waals surface area contributed by atoms with Gasteiger partial charge in [-0.05, 0) is 37.8 Å². The van der Waals surface area contributed by atoms with Gasteiger partial charge in [-0.15, -0.1) is 0 Å². The van der Waals surface area contributed by atoms with E-state index in [2.05, 4.69) is 5.10 Å². The summed E-state index contributed by atoms with van der Waals surface area (Å²) in [6, 6.07) is 4.85. The average molecular weight is 316 g/mol. The molecule has 21 heavy (non-hydrogen) atoms. The van der Waals surface area contributed by atoms with Crippen molar-refractivity contribution < 1.29 is 13.2 Å². The molecule has 1 aliphatic carbocycles. The molecule has 3 nitrogen and oxygen atoms in total. The molecule has 2 N–H and O–H groups in total. The van der Waals surface area contributed by atoms with Crippen LogP contribution in [0, 0.1) is 0 Å². The first-order valence-electron chi connectivity index (χ1n) is 6.62. The fraction of sp³-hybridized carbons (Fsp3) is 0.357. The third kappa shape index (κ3) is 2.37. The van der Waals surface area contributed by atoms with Crippen LogP contribution >= 0.6 is 11.6 Å². The Morgan fingerprint density at radius 1 is 1.19 bits per heavy atom. The number of para-hydroxylation sites is 1. The summed E-state index contributed by atoms with van der Waals surface area (Å²) in [6.45, 7) is 0. The molecule has 1 aromatic carbocycles. The van der Waals surface area contributed by atoms with Crippen LogP contribution in [0.4, 0.5) is 18.9 Å². The molecule has 0 fully saturated rings. The number of halogens is 4. The first-order chi connectivity index (χ1) is 9.89. The number of anilines is 1. The molecule has 1 aromatic heterocycles. The summed E-state index contributed by atoms with van der Waals surface area (Å²) < 4.78 is 40.8. The Bertz CT molecular complexity index is 671. The first-order valence-corrected chi connectivity index (χ1v) is 6.99. The molecule has 1 aliphatic rings. The fourth-order valence-electron chi connectivity index (χ4n) is 2.77. The van der Waals surface area contributed by atoms with Crippen LogP contribution in [-0.4, -0.2) is 9.78 Å². The number of hydrogen-bond donors (Lipinski definition) is 1. The highest BCUT2D eigenvalue weighted by atomic mass is 35.5. The second kappa shape index (κ2) is 4.94. The van der Waals surface area contributed by atoms with E-state index in [4.69, 9.17) is 17.3 Å². The van der Waals surface area contributed by atoms with Crippen molar-refractivity contribution in [2.75, 3.05) is 5.73 Å². The SMILES string of the molecule is Nc1cccc(Cl)c1-n1nc(C(F)(F)F)c2c1CCCC2. The normalized spacial score (nSPS) is 15.0. The Hall–Kier alpha value is -1.69. The maximum atomic E-state index is 13.2. The lowest BCUT2D eigenvalue weighted by molar-refractivity contribution is -0.142. The van der Waals surface area contributed by atoms with Crippen molar-refractivity contribution in [1.82, 2.24) is 9.78 Å². The van der Waals surface area contributed by atoms with Crippen molar-refractivity contribution in [3.8, 4) is 5.69 Å². The van der Waals surface area contributed by atoms with E-state index in [9.17, 15) is 13.2 Å². The predicted molar refractivity (Wildman–Crippen MR) is 74.6 cm³/mol. The minimum absolute atomic E-state index is 0.271. The molecular weight excluding hydrogens is 303 g/mol. The number of nitrogen functional groups attached to an aromatic ring is 1. The van der Waals surface area contributed by atoms with Gasteiger partial charge in [0.25, 0.3) is 0 Å². The molecule has 0 radical (unpaired) electrons. The summed E-state index contributed by atoms with van der Waals surface area (Å²) in [5.41, 5.74) is 6.53. The largest absolute Gasteiger partial charge is 0.435 e. The number of benzene rings is 1. The van der Waals surface area contributed by atoms with Crippen LogP contribution in [0.5, 0.6) is 0 Å². The molecule has 0 unspecified atom stereocenters. The Balaban J connectivity index is 2.27. The molecule has 0 aliphatic heterocycles. The molecular formula is C14H13ClF3N3. The fourth-order valence-corrected chi connectivity index (χ4v) is 3.03. The molecule has 0 atom stereocenters. The number of aromatic nitrogens is 2. The number of rotatable bonds is 1. The highest BCUT2D eigenvalue weighted by molar-refractivity contribution is 6.32. The van der Waals surface area contributed by atoms with Crippen LogP contribution < -0.4 is 5.73 Å². The maximum Gasteiger partial charge on any atom is 0.435 e. The highest BCUT2D eigenvalue weighted by Gasteiger charge is 2.40. The standard InChI is InChI=1S/C14H13ClF3N3/c15-9-5-3-6-10(19)12(9)21-11-7-2-1-4-8(11)13(20-21)14(16,17)18/h3,5-6H,1-2,4,7,19H2. The molecule has 2 aromatic rings. The van der Waals surface area contributed by atoms with E-state index in [1.165, 1.54) is 4.68 Å². The van der Waals surface area contributed by atoms with Gasteiger partial charge in [0, 0.05) is 11.3 Å². The van der Waals surface area contributed by atoms with Crippen molar-refractivity contribution in [2.24, 2.45) is 0 Å². The second-order valence-corrected chi connectivity index (χ2v) is 5.48. The van der Waals surface area contributed by atoms with Gasteiger partial charge < -0.3 is 5.73 Å². The Labute approximate surface area is 124 Å². The topological polar surface area (TPSA) is 43.8 Å². The van der Waals surface area contributed by atoms with E-state index in [0.29, 0.717) is 34.9 Å². The Morgan fingerprint density at radius 2 is 1.90 bits per heavy atom. The minimum atomic E-state index is -4.47. The number of fused-ring (bicyclic) bond motifs is 1. The summed E-state index contributed by atoms with van der Waals surface area (Å²) in [5.74, 6) is 0. The summed E-state index contributed by atoms with van der Waals surface area (Å²) in [5, 5.41) is 4.07. The van der Waals surface area contributed by atoms with Crippen LogP contribution in [0.25, 0.3) is 5.69 Å². The zero-order valence-corrected chi connectivity index (χ0v) is 11.8. The lowest BCUT2D eigenvalue weighted by atomic mass is 9.95. The molecule has 0 bridgehead atoms. The van der Waals surface area contributed by atoms with Gasteiger partial charge >= 0.3 is 6.18 Å². The molecule has 1 heterocycles. The van der Waals surface area contributed by atoms with Gasteiger partial charge in [0.2, 0.25) is 0 Å². The van der Waals surface area contributed by atoms with Crippen molar-refractivity contribution in [1.29, 1.82) is 0 Å². The van der Waals surface area contributed by atoms with Crippen LogP contribution in [0.2, 0.25) is 5.02 Å². The summed E-state index contributed by atoms with van der Waals surface area (Å²) in [4.78, 5) is 0. The minimum Gasteiger partial charge on any atom is -0.397 e. The Morgan fingerprint density at radius 3 is 2.57 bits per heavy atom. The van der Waals surface area contributed by atoms with Gasteiger partial charge in [0.05, 0.1) is 10.7 Å². The summed E-state index contributed by atoms with van der Waals surface area (Å²) >= 11 is 6.11. The predicted octanol–water partition coefficient (Wildman–Crippen LogP) is 4.01. The lowest BCUT2D eigenvalue weighted by Crippen LogP contribution is -2.11. The van der Waals surface area contributed by atoms with Gasteiger partial charge in [0.15, 0.2) is 5.69 Å². The van der Waals surface area contributed by atoms with Crippen LogP contribution in [0.15, 0.2) is 18.2 Å². The van der Waals surface area contributed by atoms with Gasteiger partial charge in [-0.1, -0.05) is 17.7 Å². The number of nitrogens with zero attached hydrogens (tertiary/aromatic N) is 2. The molecule has 0 spiro atoms. The van der Waals surface area contributed by atoms with Crippen molar-refractivity contribution in [2.45, 2.75) is 31.9 Å². The van der Waals surface area contributed by atoms with E-state index in [-0.39, 0.29) is 5.56 Å². The van der Waals surface area contributed by atoms with Crippen molar-refractivity contribution >= 4 is 17.3 Å². The summed E-state index contributed by atoms with van der Waals surface area (Å²) in [6.07, 6.45) is -1.97. The van der Waals surface area contributed by atoms with E-state index in [0.717, 1.165) is 12.8 Å². The average Bonchev–Trinajstić information content (AvgIpc) is 2.78. The van der Waals surface area contributed by atoms with E-state index < -0.39 is 11.9 Å². The van der Waals surface area contributed by atoms with Gasteiger partial charge in [0.1, 0.15) is 5.69 Å². The van der Waals surface area contributed by atoms with Crippen LogP contribution in [0.1, 0.15) is 29.8 Å². The Kier molecular flexibility index (Phi) is 3.36. The highest BCUT2D eigenvalue weighted by Crippen LogP contribution is 2.38. The zero-order valence-electron chi connectivity index (χ0n) is 11.0. The van der Waals surface area contributed by atoms with Gasteiger partial charge in [-0.25, -0.2) is 4.68 Å². The number of hydrogen-bond acceptors (Lipinski definition) is 2. The third-order valence-corrected chi connectivity index (χ3v) is 3.98. The van der Waals surface area contributed by atoms with Gasteiger partial charge in [-0.2, -0.15) is 18.3 Å². The van der Waals surface area contributed by atoms with Crippen molar-refractivity contribution in [3.05, 3.63) is 40.2 Å². The molecule has 7 heteroatoms. The van der Waals surface area contributed by atoms with E-state index in [1.807, 2.05) is 0 Å². The smallest absolute Gasteiger partial charge is 0.397 e. The van der Waals surface area contributed by atoms with Crippen LogP contribution in [0.3, 0.4) is 0 Å². The molecule has 0 saturated carbocycles. The number of alkyl halides is 3. The third-order valence-electron chi connectivity index (χ3n) is 3.68. The van der Waals surface area contributed by atoms with Crippen molar-refractivity contribution in [3.63, 3.8) is 0 Å². The lowest BCUT2D eigenvalue weighted by Gasteiger charge is -2.16. The molecule has 3 rings (SSSR count). The molecule has 0 saturated heterocycles. The molecule has 112 valence electrons. The number of nitrogens with two attached hydrogens (primary N) is 1. The summed E-state index contributed by atoms with van der Waals surface area (Å²) in [7, 11) is 0. The first kappa shape index (κ1) is 14.3. The quantitative estimate of drug-likeness (QED) is 0.808.